The lowest BCUT2D eigenvalue weighted by Crippen LogP contribution is -2.44. The highest BCUT2D eigenvalue weighted by atomic mass is 16.2. The van der Waals surface area contributed by atoms with Gasteiger partial charge in [-0.05, 0) is 32.3 Å². The van der Waals surface area contributed by atoms with Gasteiger partial charge in [-0.3, -0.25) is 4.79 Å². The Morgan fingerprint density at radius 2 is 2.20 bits per heavy atom. The van der Waals surface area contributed by atoms with E-state index in [0.29, 0.717) is 17.1 Å². The minimum atomic E-state index is -0.379. The SMILES string of the molecule is CC(Nc1ncc(C#N)cc1N)C(=O)N1CCCCC1. The van der Waals surface area contributed by atoms with Crippen LogP contribution in [0.3, 0.4) is 0 Å². The number of hydrogen-bond acceptors (Lipinski definition) is 5. The number of carbonyl (C=O) groups excluding carboxylic acids is 1. The Morgan fingerprint density at radius 1 is 1.50 bits per heavy atom. The van der Waals surface area contributed by atoms with Gasteiger partial charge in [0.2, 0.25) is 5.91 Å². The average molecular weight is 273 g/mol. The predicted molar refractivity (Wildman–Crippen MR) is 76.9 cm³/mol. The van der Waals surface area contributed by atoms with Crippen molar-refractivity contribution in [2.75, 3.05) is 24.1 Å². The molecule has 106 valence electrons. The lowest BCUT2D eigenvalue weighted by molar-refractivity contribution is -0.132. The van der Waals surface area contributed by atoms with Gasteiger partial charge in [0.05, 0.1) is 11.3 Å². The van der Waals surface area contributed by atoms with Crippen LogP contribution in [0.15, 0.2) is 12.3 Å². The number of anilines is 2. The lowest BCUT2D eigenvalue weighted by Gasteiger charge is -2.29. The standard InChI is InChI=1S/C14H19N5O/c1-10(14(20)19-5-3-2-4-6-19)18-13-12(16)7-11(8-15)9-17-13/h7,9-10H,2-6,16H2,1H3,(H,17,18). The highest BCUT2D eigenvalue weighted by molar-refractivity contribution is 5.85. The van der Waals surface area contributed by atoms with Gasteiger partial charge in [-0.2, -0.15) is 5.26 Å². The second kappa shape index (κ2) is 6.24. The van der Waals surface area contributed by atoms with Gasteiger partial charge in [-0.25, -0.2) is 4.98 Å². The van der Waals surface area contributed by atoms with Crippen LogP contribution in [0, 0.1) is 11.3 Å². The Hall–Kier alpha value is -2.29. The molecule has 1 aromatic rings. The summed E-state index contributed by atoms with van der Waals surface area (Å²) < 4.78 is 0. The zero-order chi connectivity index (χ0) is 14.5. The summed E-state index contributed by atoms with van der Waals surface area (Å²) in [4.78, 5) is 18.2. The number of rotatable bonds is 3. The number of nitrogens with one attached hydrogen (secondary N) is 1. The third kappa shape index (κ3) is 3.18. The second-order valence-electron chi connectivity index (χ2n) is 5.03. The molecule has 1 unspecified atom stereocenters. The van der Waals surface area contributed by atoms with Gasteiger partial charge < -0.3 is 16.0 Å². The number of likely N-dealkylation sites (tertiary alicyclic amines) is 1. The van der Waals surface area contributed by atoms with Crippen LogP contribution in [0.1, 0.15) is 31.7 Å². The van der Waals surface area contributed by atoms with Crippen molar-refractivity contribution < 1.29 is 4.79 Å². The van der Waals surface area contributed by atoms with Crippen molar-refractivity contribution in [2.24, 2.45) is 0 Å². The zero-order valence-electron chi connectivity index (χ0n) is 11.6. The minimum absolute atomic E-state index is 0.0651. The van der Waals surface area contributed by atoms with Gasteiger partial charge >= 0.3 is 0 Å². The van der Waals surface area contributed by atoms with E-state index in [9.17, 15) is 4.79 Å². The molecule has 1 aromatic heterocycles. The van der Waals surface area contributed by atoms with E-state index in [0.717, 1.165) is 25.9 Å². The number of nitriles is 1. The summed E-state index contributed by atoms with van der Waals surface area (Å²) >= 11 is 0. The molecular weight excluding hydrogens is 254 g/mol. The number of nitrogens with zero attached hydrogens (tertiary/aromatic N) is 3. The van der Waals surface area contributed by atoms with Crippen molar-refractivity contribution in [3.8, 4) is 6.07 Å². The number of pyridine rings is 1. The molecule has 20 heavy (non-hydrogen) atoms. The number of carbonyl (C=O) groups is 1. The van der Waals surface area contributed by atoms with Gasteiger partial charge in [0.15, 0.2) is 0 Å². The maximum Gasteiger partial charge on any atom is 0.244 e. The highest BCUT2D eigenvalue weighted by Gasteiger charge is 2.22. The molecule has 0 spiro atoms. The first-order chi connectivity index (χ1) is 9.61. The number of hydrogen-bond donors (Lipinski definition) is 2. The molecule has 3 N–H and O–H groups in total. The van der Waals surface area contributed by atoms with Crippen LogP contribution in [0.5, 0.6) is 0 Å². The van der Waals surface area contributed by atoms with E-state index in [4.69, 9.17) is 11.0 Å². The summed E-state index contributed by atoms with van der Waals surface area (Å²) in [6, 6.07) is 3.15. The maximum absolute atomic E-state index is 12.3. The van der Waals surface area contributed by atoms with Crippen LogP contribution >= 0.6 is 0 Å². The van der Waals surface area contributed by atoms with E-state index in [1.807, 2.05) is 11.0 Å². The number of aromatic nitrogens is 1. The first-order valence-electron chi connectivity index (χ1n) is 6.83. The Balaban J connectivity index is 2.02. The van der Waals surface area contributed by atoms with E-state index in [-0.39, 0.29) is 11.9 Å². The van der Waals surface area contributed by atoms with Crippen LogP contribution in [0.2, 0.25) is 0 Å². The van der Waals surface area contributed by atoms with E-state index < -0.39 is 0 Å². The molecule has 2 heterocycles. The molecular formula is C14H19N5O. The van der Waals surface area contributed by atoms with Gasteiger partial charge in [0, 0.05) is 19.3 Å². The molecule has 0 bridgehead atoms. The van der Waals surface area contributed by atoms with Crippen LogP contribution in [0.4, 0.5) is 11.5 Å². The lowest BCUT2D eigenvalue weighted by atomic mass is 10.1. The molecule has 2 rings (SSSR count). The fourth-order valence-electron chi connectivity index (χ4n) is 2.32. The molecule has 0 aliphatic carbocycles. The summed E-state index contributed by atoms with van der Waals surface area (Å²) in [5.74, 6) is 0.511. The largest absolute Gasteiger partial charge is 0.396 e. The normalized spacial score (nSPS) is 16.3. The first-order valence-corrected chi connectivity index (χ1v) is 6.83. The van der Waals surface area contributed by atoms with Crippen molar-refractivity contribution >= 4 is 17.4 Å². The van der Waals surface area contributed by atoms with Crippen molar-refractivity contribution in [1.82, 2.24) is 9.88 Å². The van der Waals surface area contributed by atoms with E-state index in [2.05, 4.69) is 10.3 Å². The molecule has 0 radical (unpaired) electrons. The van der Waals surface area contributed by atoms with Gasteiger partial charge in [-0.1, -0.05) is 0 Å². The molecule has 1 aliphatic rings. The van der Waals surface area contributed by atoms with Gasteiger partial charge in [0.1, 0.15) is 17.9 Å². The van der Waals surface area contributed by atoms with Crippen LogP contribution in [0.25, 0.3) is 0 Å². The summed E-state index contributed by atoms with van der Waals surface area (Å²) in [5.41, 5.74) is 6.61. The highest BCUT2D eigenvalue weighted by Crippen LogP contribution is 2.18. The summed E-state index contributed by atoms with van der Waals surface area (Å²) in [6.07, 6.45) is 4.76. The molecule has 1 saturated heterocycles. The van der Waals surface area contributed by atoms with E-state index in [1.54, 1.807) is 13.0 Å². The Morgan fingerprint density at radius 3 is 2.80 bits per heavy atom. The Kier molecular flexibility index (Phi) is 4.41. The summed E-state index contributed by atoms with van der Waals surface area (Å²) in [5, 5.41) is 11.8. The quantitative estimate of drug-likeness (QED) is 0.866. The van der Waals surface area contributed by atoms with Crippen molar-refractivity contribution in [3.63, 3.8) is 0 Å². The average Bonchev–Trinajstić information content (AvgIpc) is 2.49. The molecule has 6 nitrogen and oxygen atoms in total. The second-order valence-corrected chi connectivity index (χ2v) is 5.03. The molecule has 0 aromatic carbocycles. The monoisotopic (exact) mass is 273 g/mol. The van der Waals surface area contributed by atoms with Gasteiger partial charge in [0.25, 0.3) is 0 Å². The van der Waals surface area contributed by atoms with Gasteiger partial charge in [-0.15, -0.1) is 0 Å². The summed E-state index contributed by atoms with van der Waals surface area (Å²) in [7, 11) is 0. The van der Waals surface area contributed by atoms with Crippen LogP contribution < -0.4 is 11.1 Å². The molecule has 1 amide bonds. The topological polar surface area (TPSA) is 95.0 Å². The third-order valence-electron chi connectivity index (χ3n) is 3.44. The van der Waals surface area contributed by atoms with Crippen LogP contribution in [-0.4, -0.2) is 34.9 Å². The van der Waals surface area contributed by atoms with E-state index in [1.165, 1.54) is 12.6 Å². The maximum atomic E-state index is 12.3. The Labute approximate surface area is 118 Å². The fourth-order valence-corrected chi connectivity index (χ4v) is 2.32. The third-order valence-corrected chi connectivity index (χ3v) is 3.44. The number of amides is 1. The fraction of sp³-hybridized carbons (Fsp3) is 0.500. The minimum Gasteiger partial charge on any atom is -0.396 e. The Bertz CT molecular complexity index is 531. The van der Waals surface area contributed by atoms with E-state index >= 15 is 0 Å². The van der Waals surface area contributed by atoms with Crippen LogP contribution in [-0.2, 0) is 4.79 Å². The molecule has 1 fully saturated rings. The number of piperidine rings is 1. The van der Waals surface area contributed by atoms with Crippen molar-refractivity contribution in [3.05, 3.63) is 17.8 Å². The molecule has 0 saturated carbocycles. The number of nitrogens with two attached hydrogens (primary N) is 1. The molecule has 1 atom stereocenters. The smallest absolute Gasteiger partial charge is 0.244 e. The first kappa shape index (κ1) is 14.1. The molecule has 6 heteroatoms. The molecule has 1 aliphatic heterocycles. The van der Waals surface area contributed by atoms with Crippen molar-refractivity contribution in [2.45, 2.75) is 32.2 Å². The number of nitrogen functional groups attached to an aromatic ring is 1. The zero-order valence-corrected chi connectivity index (χ0v) is 11.6. The predicted octanol–water partition coefficient (Wildman–Crippen LogP) is 1.35. The van der Waals surface area contributed by atoms with Crippen molar-refractivity contribution in [1.29, 1.82) is 5.26 Å². The summed E-state index contributed by atoms with van der Waals surface area (Å²) in [6.45, 7) is 3.44.